The number of rotatable bonds is 4. The predicted molar refractivity (Wildman–Crippen MR) is 98.0 cm³/mol. The second-order valence-corrected chi connectivity index (χ2v) is 6.95. The van der Waals surface area contributed by atoms with Crippen molar-refractivity contribution in [3.05, 3.63) is 29.8 Å². The third-order valence-corrected chi connectivity index (χ3v) is 4.84. The Morgan fingerprint density at radius 2 is 1.88 bits per heavy atom. The summed E-state index contributed by atoms with van der Waals surface area (Å²) in [5.41, 5.74) is 0.500. The molecule has 11 heteroatoms. The number of ether oxygens (including phenoxy) is 1. The molecule has 1 saturated heterocycles. The highest BCUT2D eigenvalue weighted by Gasteiger charge is 2.49. The molecule has 1 N–H and O–H groups in total. The van der Waals surface area contributed by atoms with Crippen LogP contribution >= 0.6 is 24.2 Å². The van der Waals surface area contributed by atoms with Crippen LogP contribution in [-0.4, -0.2) is 63.9 Å². The molecule has 2 rings (SSSR count). The minimum atomic E-state index is -1.61. The lowest BCUT2D eigenvalue weighted by molar-refractivity contribution is 0.0560. The Labute approximate surface area is 160 Å². The second kappa shape index (κ2) is 7.42. The van der Waals surface area contributed by atoms with Crippen LogP contribution in [-0.2, 0) is 4.74 Å². The van der Waals surface area contributed by atoms with Gasteiger partial charge in [0, 0.05) is 14.1 Å². The number of anilines is 1. The first-order valence-electron chi connectivity index (χ1n) is 7.33. The summed E-state index contributed by atoms with van der Waals surface area (Å²) < 4.78 is 3.37. The maximum absolute atomic E-state index is 12.5. The van der Waals surface area contributed by atoms with Gasteiger partial charge in [-0.15, -0.1) is 12.6 Å². The van der Waals surface area contributed by atoms with E-state index in [2.05, 4.69) is 17.8 Å². The number of esters is 1. The van der Waals surface area contributed by atoms with Gasteiger partial charge in [-0.05, 0) is 25.1 Å². The van der Waals surface area contributed by atoms with Crippen molar-refractivity contribution >= 4 is 53.7 Å². The molecule has 0 saturated carbocycles. The first-order chi connectivity index (χ1) is 12.1. The number of imide groups is 1. The molecule has 0 aromatic heterocycles. The molecule has 1 aromatic carbocycles. The number of alkyl halides is 1. The summed E-state index contributed by atoms with van der Waals surface area (Å²) in [4.78, 5) is 40.2. The van der Waals surface area contributed by atoms with E-state index in [0.29, 0.717) is 0 Å². The van der Waals surface area contributed by atoms with Crippen molar-refractivity contribution in [3.63, 3.8) is 0 Å². The maximum Gasteiger partial charge on any atom is 0.338 e. The van der Waals surface area contributed by atoms with Gasteiger partial charge in [0.05, 0.1) is 17.0 Å². The van der Waals surface area contributed by atoms with Crippen LogP contribution in [0.1, 0.15) is 17.3 Å². The lowest BCUT2D eigenvalue weighted by Gasteiger charge is -2.46. The minimum Gasteiger partial charge on any atom is -0.456 e. The zero-order valence-corrected chi connectivity index (χ0v) is 15.9. The van der Waals surface area contributed by atoms with Gasteiger partial charge in [-0.25, -0.2) is 19.3 Å². The monoisotopic (exact) mass is 400 g/mol. The van der Waals surface area contributed by atoms with E-state index in [4.69, 9.17) is 21.5 Å². The molecule has 0 aliphatic carbocycles. The molecular weight excluding hydrogens is 384 g/mol. The maximum atomic E-state index is 12.5. The third-order valence-electron chi connectivity index (χ3n) is 3.73. The molecule has 1 fully saturated rings. The van der Waals surface area contributed by atoms with E-state index in [9.17, 15) is 14.4 Å². The standard InChI is InChI=1S/C15H17ClN4O5S/c1-9(17-24)8-25-12(21)10-5-4-6-11(7-10)20-13(22)18(2)15(16,26)19(3)14(20)23/h4-7,24,26H,8H2,1-3H3. The van der Waals surface area contributed by atoms with Crippen molar-refractivity contribution < 1.29 is 24.3 Å². The average Bonchev–Trinajstić information content (AvgIpc) is 2.63. The molecule has 26 heavy (non-hydrogen) atoms. The van der Waals surface area contributed by atoms with Gasteiger partial charge < -0.3 is 9.94 Å². The highest BCUT2D eigenvalue weighted by Crippen LogP contribution is 2.35. The molecule has 1 aliphatic rings. The average molecular weight is 401 g/mol. The fourth-order valence-corrected chi connectivity index (χ4v) is 2.44. The van der Waals surface area contributed by atoms with Crippen molar-refractivity contribution in [2.75, 3.05) is 25.6 Å². The van der Waals surface area contributed by atoms with Crippen LogP contribution in [0.25, 0.3) is 0 Å². The van der Waals surface area contributed by atoms with Crippen LogP contribution in [0.3, 0.4) is 0 Å². The highest BCUT2D eigenvalue weighted by atomic mass is 35.5. The molecule has 0 spiro atoms. The third kappa shape index (κ3) is 3.56. The number of oxime groups is 1. The summed E-state index contributed by atoms with van der Waals surface area (Å²) in [6, 6.07) is 4.40. The number of urea groups is 2. The number of carbonyl (C=O) groups excluding carboxylic acids is 3. The zero-order chi connectivity index (χ0) is 19.6. The quantitative estimate of drug-likeness (QED) is 0.154. The van der Waals surface area contributed by atoms with Gasteiger partial charge in [0.25, 0.3) is 0 Å². The lowest BCUT2D eigenvalue weighted by Crippen LogP contribution is -2.67. The van der Waals surface area contributed by atoms with E-state index in [1.54, 1.807) is 0 Å². The Kier molecular flexibility index (Phi) is 5.67. The van der Waals surface area contributed by atoms with Gasteiger partial charge in [0.15, 0.2) is 0 Å². The van der Waals surface area contributed by atoms with Crippen LogP contribution in [0.15, 0.2) is 29.4 Å². The van der Waals surface area contributed by atoms with Gasteiger partial charge in [0.1, 0.15) is 6.61 Å². The molecule has 140 valence electrons. The van der Waals surface area contributed by atoms with Crippen molar-refractivity contribution in [1.29, 1.82) is 0 Å². The first kappa shape index (κ1) is 19.9. The van der Waals surface area contributed by atoms with Crippen molar-refractivity contribution in [1.82, 2.24) is 9.80 Å². The number of nitrogens with zero attached hydrogens (tertiary/aromatic N) is 4. The molecule has 1 heterocycles. The summed E-state index contributed by atoms with van der Waals surface area (Å²) in [6.45, 7) is 1.29. The van der Waals surface area contributed by atoms with Gasteiger partial charge in [0.2, 0.25) is 4.45 Å². The summed E-state index contributed by atoms with van der Waals surface area (Å²) in [5, 5.41) is 11.5. The van der Waals surface area contributed by atoms with E-state index < -0.39 is 22.5 Å². The van der Waals surface area contributed by atoms with E-state index in [1.807, 2.05) is 0 Å². The molecule has 0 bridgehead atoms. The number of hydrogen-bond acceptors (Lipinski definition) is 7. The van der Waals surface area contributed by atoms with Crippen LogP contribution in [0.2, 0.25) is 0 Å². The normalized spacial score (nSPS) is 17.6. The summed E-state index contributed by atoms with van der Waals surface area (Å²) in [5.74, 6) is -0.700. The highest BCUT2D eigenvalue weighted by molar-refractivity contribution is 7.83. The smallest absolute Gasteiger partial charge is 0.338 e. The van der Waals surface area contributed by atoms with Crippen molar-refractivity contribution in [2.24, 2.45) is 5.16 Å². The van der Waals surface area contributed by atoms with Gasteiger partial charge >= 0.3 is 18.0 Å². The van der Waals surface area contributed by atoms with Crippen LogP contribution in [0.4, 0.5) is 15.3 Å². The van der Waals surface area contributed by atoms with Crippen LogP contribution in [0, 0.1) is 0 Å². The minimum absolute atomic E-state index is 0.118. The summed E-state index contributed by atoms with van der Waals surface area (Å²) >= 11 is 10.3. The van der Waals surface area contributed by atoms with E-state index in [0.717, 1.165) is 14.7 Å². The molecular formula is C15H17ClN4O5S. The Morgan fingerprint density at radius 3 is 2.42 bits per heavy atom. The zero-order valence-electron chi connectivity index (χ0n) is 14.2. The Balaban J connectivity index is 2.30. The largest absolute Gasteiger partial charge is 0.456 e. The molecule has 4 amide bonds. The topological polar surface area (TPSA) is 103 Å². The van der Waals surface area contributed by atoms with Crippen LogP contribution < -0.4 is 4.90 Å². The molecule has 0 radical (unpaired) electrons. The first-order valence-corrected chi connectivity index (χ1v) is 8.15. The number of carbonyl (C=O) groups is 3. The fraction of sp³-hybridized carbons (Fsp3) is 0.333. The number of halogens is 1. The van der Waals surface area contributed by atoms with E-state index in [-0.39, 0.29) is 23.6 Å². The molecule has 0 atom stereocenters. The van der Waals surface area contributed by atoms with Gasteiger partial charge in [-0.3, -0.25) is 9.80 Å². The number of thiol groups is 1. The molecule has 9 nitrogen and oxygen atoms in total. The number of hydrogen-bond donors (Lipinski definition) is 2. The molecule has 1 aliphatic heterocycles. The fourth-order valence-electron chi connectivity index (χ4n) is 2.13. The molecule has 1 aromatic rings. The Morgan fingerprint density at radius 1 is 1.31 bits per heavy atom. The Bertz CT molecular complexity index is 761. The van der Waals surface area contributed by atoms with Gasteiger partial charge in [-0.2, -0.15) is 0 Å². The predicted octanol–water partition coefficient (Wildman–Crippen LogP) is 2.40. The summed E-state index contributed by atoms with van der Waals surface area (Å²) in [6.07, 6.45) is 0. The van der Waals surface area contributed by atoms with Crippen LogP contribution in [0.5, 0.6) is 0 Å². The van der Waals surface area contributed by atoms with Crippen molar-refractivity contribution in [2.45, 2.75) is 11.4 Å². The summed E-state index contributed by atoms with van der Waals surface area (Å²) in [7, 11) is 2.79. The van der Waals surface area contributed by atoms with E-state index in [1.165, 1.54) is 45.3 Å². The number of benzene rings is 1. The van der Waals surface area contributed by atoms with Crippen molar-refractivity contribution in [3.8, 4) is 0 Å². The molecule has 0 unspecified atom stereocenters. The number of amides is 4. The van der Waals surface area contributed by atoms with E-state index >= 15 is 0 Å². The SMILES string of the molecule is CC(COC(=O)c1cccc(N2C(=O)N(C)C(S)(Cl)N(C)C2=O)c1)=NO. The second-order valence-electron chi connectivity index (χ2n) is 5.53. The Hall–Kier alpha value is -2.46. The van der Waals surface area contributed by atoms with Gasteiger partial charge in [-0.1, -0.05) is 22.8 Å². The lowest BCUT2D eigenvalue weighted by atomic mass is 10.2.